The molecule has 0 aliphatic carbocycles. The first-order chi connectivity index (χ1) is 13.5. The van der Waals surface area contributed by atoms with Crippen molar-refractivity contribution in [1.29, 1.82) is 0 Å². The zero-order valence-electron chi connectivity index (χ0n) is 17.2. The third-order valence-electron chi connectivity index (χ3n) is 5.66. The molecule has 2 aromatic carbocycles. The van der Waals surface area contributed by atoms with Gasteiger partial charge in [0.05, 0.1) is 12.6 Å². The highest BCUT2D eigenvalue weighted by Crippen LogP contribution is 2.42. The summed E-state index contributed by atoms with van der Waals surface area (Å²) in [7, 11) is 0. The van der Waals surface area contributed by atoms with E-state index in [0.29, 0.717) is 19.4 Å². The largest absolute Gasteiger partial charge is 0.494 e. The highest BCUT2D eigenvalue weighted by molar-refractivity contribution is 5.76. The van der Waals surface area contributed by atoms with E-state index in [-0.39, 0.29) is 17.6 Å². The van der Waals surface area contributed by atoms with Crippen molar-refractivity contribution >= 4 is 5.91 Å². The van der Waals surface area contributed by atoms with Crippen LogP contribution in [0.15, 0.2) is 48.5 Å². The molecule has 0 saturated carbocycles. The van der Waals surface area contributed by atoms with E-state index < -0.39 is 0 Å². The van der Waals surface area contributed by atoms with Crippen LogP contribution in [0.1, 0.15) is 63.1 Å². The molecule has 0 unspecified atom stereocenters. The van der Waals surface area contributed by atoms with Crippen molar-refractivity contribution < 1.29 is 14.3 Å². The first kappa shape index (κ1) is 20.2. The van der Waals surface area contributed by atoms with Gasteiger partial charge in [0, 0.05) is 18.4 Å². The Morgan fingerprint density at radius 1 is 1.14 bits per heavy atom. The van der Waals surface area contributed by atoms with Crippen LogP contribution < -0.4 is 14.8 Å². The molecule has 4 heteroatoms. The number of amides is 1. The van der Waals surface area contributed by atoms with Crippen molar-refractivity contribution in [2.75, 3.05) is 6.61 Å². The van der Waals surface area contributed by atoms with E-state index in [1.165, 1.54) is 5.56 Å². The van der Waals surface area contributed by atoms with E-state index in [2.05, 4.69) is 25.2 Å². The van der Waals surface area contributed by atoms with Crippen LogP contribution in [0.25, 0.3) is 0 Å². The zero-order chi connectivity index (χ0) is 20.0. The predicted molar refractivity (Wildman–Crippen MR) is 112 cm³/mol. The van der Waals surface area contributed by atoms with Gasteiger partial charge in [-0.05, 0) is 44.4 Å². The maximum absolute atomic E-state index is 12.6. The Balaban J connectivity index is 1.54. The zero-order valence-corrected chi connectivity index (χ0v) is 17.2. The SMILES string of the molecule is CCC1(CC)C[C@@H](NC(=O)CCCOc2ccc(C)cc2)c2ccccc2O1. The molecule has 0 aromatic heterocycles. The first-order valence-electron chi connectivity index (χ1n) is 10.3. The first-order valence-corrected chi connectivity index (χ1v) is 10.3. The summed E-state index contributed by atoms with van der Waals surface area (Å²) in [6.45, 7) is 6.89. The number of carbonyl (C=O) groups is 1. The maximum Gasteiger partial charge on any atom is 0.220 e. The summed E-state index contributed by atoms with van der Waals surface area (Å²) in [5.74, 6) is 1.81. The molecule has 1 aliphatic rings. The number of carbonyl (C=O) groups excluding carboxylic acids is 1. The summed E-state index contributed by atoms with van der Waals surface area (Å²) in [6, 6.07) is 16.0. The van der Waals surface area contributed by atoms with Gasteiger partial charge < -0.3 is 14.8 Å². The van der Waals surface area contributed by atoms with Crippen LogP contribution in [0, 0.1) is 6.92 Å². The second kappa shape index (κ2) is 9.13. The molecule has 0 spiro atoms. The smallest absolute Gasteiger partial charge is 0.220 e. The fraction of sp³-hybridized carbons (Fsp3) is 0.458. The van der Waals surface area contributed by atoms with Crippen molar-refractivity contribution in [3.63, 3.8) is 0 Å². The topological polar surface area (TPSA) is 47.6 Å². The van der Waals surface area contributed by atoms with Crippen molar-refractivity contribution in [3.8, 4) is 11.5 Å². The predicted octanol–water partition coefficient (Wildman–Crippen LogP) is 5.35. The standard InChI is InChI=1S/C24H31NO3/c1-4-24(5-2)17-21(20-9-6-7-10-22(20)28-24)25-23(26)11-8-16-27-19-14-12-18(3)13-15-19/h6-7,9-10,12-15,21H,4-5,8,11,16-17H2,1-3H3,(H,25,26)/t21-/m1/s1. The van der Waals surface area contributed by atoms with Crippen molar-refractivity contribution in [2.45, 2.75) is 64.5 Å². The fourth-order valence-electron chi connectivity index (χ4n) is 3.75. The Labute approximate surface area is 168 Å². The molecule has 0 fully saturated rings. The Kier molecular flexibility index (Phi) is 6.61. The molecule has 0 radical (unpaired) electrons. The van der Waals surface area contributed by atoms with Gasteiger partial charge in [-0.15, -0.1) is 0 Å². The Morgan fingerprint density at radius 2 is 1.86 bits per heavy atom. The van der Waals surface area contributed by atoms with Gasteiger partial charge in [0.2, 0.25) is 5.91 Å². The van der Waals surface area contributed by atoms with Gasteiger partial charge in [-0.2, -0.15) is 0 Å². The summed E-state index contributed by atoms with van der Waals surface area (Å²) in [5.41, 5.74) is 2.07. The van der Waals surface area contributed by atoms with Crippen molar-refractivity contribution in [1.82, 2.24) is 5.32 Å². The highest BCUT2D eigenvalue weighted by atomic mass is 16.5. The van der Waals surface area contributed by atoms with Gasteiger partial charge in [-0.25, -0.2) is 0 Å². The molecule has 4 nitrogen and oxygen atoms in total. The third kappa shape index (κ3) is 4.86. The van der Waals surface area contributed by atoms with Crippen molar-refractivity contribution in [3.05, 3.63) is 59.7 Å². The van der Waals surface area contributed by atoms with Gasteiger partial charge in [0.25, 0.3) is 0 Å². The molecule has 28 heavy (non-hydrogen) atoms. The third-order valence-corrected chi connectivity index (χ3v) is 5.66. The lowest BCUT2D eigenvalue weighted by atomic mass is 9.83. The Hall–Kier alpha value is -2.49. The van der Waals surface area contributed by atoms with E-state index in [1.807, 2.05) is 49.4 Å². The molecule has 2 aromatic rings. The van der Waals surface area contributed by atoms with E-state index in [4.69, 9.17) is 9.47 Å². The molecule has 1 atom stereocenters. The summed E-state index contributed by atoms with van der Waals surface area (Å²) in [4.78, 5) is 12.6. The van der Waals surface area contributed by atoms with Gasteiger partial charge in [-0.3, -0.25) is 4.79 Å². The highest BCUT2D eigenvalue weighted by Gasteiger charge is 2.38. The quantitative estimate of drug-likeness (QED) is 0.627. The number of nitrogens with one attached hydrogen (secondary N) is 1. The molecule has 1 aliphatic heterocycles. The Morgan fingerprint density at radius 3 is 2.57 bits per heavy atom. The molecule has 3 rings (SSSR count). The van der Waals surface area contributed by atoms with Gasteiger partial charge in [-0.1, -0.05) is 49.7 Å². The second-order valence-corrected chi connectivity index (χ2v) is 7.62. The van der Waals surface area contributed by atoms with Crippen molar-refractivity contribution in [2.24, 2.45) is 0 Å². The summed E-state index contributed by atoms with van der Waals surface area (Å²) in [6.07, 6.45) is 3.81. The number of para-hydroxylation sites is 1. The van der Waals surface area contributed by atoms with Crippen LogP contribution in [-0.4, -0.2) is 18.1 Å². The van der Waals surface area contributed by atoms with Crippen LogP contribution >= 0.6 is 0 Å². The number of fused-ring (bicyclic) bond motifs is 1. The number of rotatable bonds is 8. The van der Waals surface area contributed by atoms with Crippen LogP contribution in [0.5, 0.6) is 11.5 Å². The van der Waals surface area contributed by atoms with Crippen LogP contribution in [0.4, 0.5) is 0 Å². The van der Waals surface area contributed by atoms with Gasteiger partial charge >= 0.3 is 0 Å². The van der Waals surface area contributed by atoms with Gasteiger partial charge in [0.15, 0.2) is 0 Å². The molecule has 1 N–H and O–H groups in total. The molecule has 1 amide bonds. The van der Waals surface area contributed by atoms with Crippen LogP contribution in [-0.2, 0) is 4.79 Å². The fourth-order valence-corrected chi connectivity index (χ4v) is 3.75. The average Bonchev–Trinajstić information content (AvgIpc) is 2.72. The molecule has 0 bridgehead atoms. The minimum absolute atomic E-state index is 0.00429. The van der Waals surface area contributed by atoms with E-state index in [1.54, 1.807) is 0 Å². The lowest BCUT2D eigenvalue weighted by molar-refractivity contribution is -0.122. The summed E-state index contributed by atoms with van der Waals surface area (Å²) < 4.78 is 12.0. The normalized spacial score (nSPS) is 17.3. The molecule has 0 saturated heterocycles. The minimum Gasteiger partial charge on any atom is -0.494 e. The van der Waals surface area contributed by atoms with Crippen LogP contribution in [0.3, 0.4) is 0 Å². The van der Waals surface area contributed by atoms with Crippen LogP contribution in [0.2, 0.25) is 0 Å². The minimum atomic E-state index is -0.207. The second-order valence-electron chi connectivity index (χ2n) is 7.62. The monoisotopic (exact) mass is 381 g/mol. The lowest BCUT2D eigenvalue weighted by Crippen LogP contribution is -2.44. The molecule has 150 valence electrons. The Bertz CT molecular complexity index is 781. The van der Waals surface area contributed by atoms with E-state index >= 15 is 0 Å². The molecular formula is C24H31NO3. The lowest BCUT2D eigenvalue weighted by Gasteiger charge is -2.41. The number of aryl methyl sites for hydroxylation is 1. The number of benzene rings is 2. The van der Waals surface area contributed by atoms with Gasteiger partial charge in [0.1, 0.15) is 17.1 Å². The van der Waals surface area contributed by atoms with E-state index in [0.717, 1.165) is 36.3 Å². The maximum atomic E-state index is 12.6. The number of hydrogen-bond donors (Lipinski definition) is 1. The van der Waals surface area contributed by atoms with E-state index in [9.17, 15) is 4.79 Å². The summed E-state index contributed by atoms with van der Waals surface area (Å²) >= 11 is 0. The average molecular weight is 382 g/mol. The summed E-state index contributed by atoms with van der Waals surface area (Å²) in [5, 5.41) is 3.23. The number of hydrogen-bond acceptors (Lipinski definition) is 3. The number of ether oxygens (including phenoxy) is 2. The molecule has 1 heterocycles. The molecular weight excluding hydrogens is 350 g/mol.